The third-order valence-corrected chi connectivity index (χ3v) is 3.75. The normalized spacial score (nSPS) is 10.2. The van der Waals surface area contributed by atoms with E-state index in [1.54, 1.807) is 24.3 Å². The zero-order valence-electron chi connectivity index (χ0n) is 13.7. The van der Waals surface area contributed by atoms with Gasteiger partial charge in [0, 0.05) is 17.7 Å². The number of ether oxygens (including phenoxy) is 1. The van der Waals surface area contributed by atoms with Gasteiger partial charge in [0.25, 0.3) is 5.91 Å². The molecule has 0 spiro atoms. The van der Waals surface area contributed by atoms with Crippen molar-refractivity contribution in [1.29, 1.82) is 0 Å². The van der Waals surface area contributed by atoms with E-state index < -0.39 is 0 Å². The first kappa shape index (κ1) is 16.7. The number of benzene rings is 2. The number of anilines is 1. The second kappa shape index (κ2) is 7.58. The van der Waals surface area contributed by atoms with Crippen LogP contribution in [0.2, 0.25) is 0 Å². The van der Waals surface area contributed by atoms with Crippen LogP contribution in [0, 0.1) is 13.8 Å². The molecule has 2 aromatic carbocycles. The molecular weight excluding hydrogens is 290 g/mol. The van der Waals surface area contributed by atoms with Crippen molar-refractivity contribution >= 4 is 17.4 Å². The van der Waals surface area contributed by atoms with Crippen LogP contribution in [0.15, 0.2) is 42.5 Å². The van der Waals surface area contributed by atoms with Crippen LogP contribution in [-0.2, 0) is 4.79 Å². The summed E-state index contributed by atoms with van der Waals surface area (Å²) >= 11 is 0. The molecule has 2 aromatic rings. The molecular formula is C19H21NO3. The van der Waals surface area contributed by atoms with Gasteiger partial charge in [-0.15, -0.1) is 0 Å². The fourth-order valence-corrected chi connectivity index (χ4v) is 2.16. The highest BCUT2D eigenvalue weighted by molar-refractivity contribution is 5.96. The molecule has 0 aliphatic rings. The van der Waals surface area contributed by atoms with Crippen LogP contribution in [0.25, 0.3) is 0 Å². The van der Waals surface area contributed by atoms with Gasteiger partial charge in [-0.1, -0.05) is 19.1 Å². The Morgan fingerprint density at radius 1 is 1.04 bits per heavy atom. The summed E-state index contributed by atoms with van der Waals surface area (Å²) in [6.45, 7) is 5.72. The molecule has 0 atom stereocenters. The molecule has 4 nitrogen and oxygen atoms in total. The smallest absolute Gasteiger partial charge is 0.262 e. The van der Waals surface area contributed by atoms with Crippen molar-refractivity contribution in [2.75, 3.05) is 11.9 Å². The van der Waals surface area contributed by atoms with Crippen molar-refractivity contribution in [2.45, 2.75) is 27.2 Å². The van der Waals surface area contributed by atoms with E-state index in [1.165, 1.54) is 0 Å². The minimum absolute atomic E-state index is 0.0749. The lowest BCUT2D eigenvalue weighted by Crippen LogP contribution is -2.20. The summed E-state index contributed by atoms with van der Waals surface area (Å²) in [6, 6.07) is 12.6. The number of carbonyl (C=O) groups excluding carboxylic acids is 2. The van der Waals surface area contributed by atoms with Crippen LogP contribution in [0.1, 0.15) is 34.8 Å². The van der Waals surface area contributed by atoms with E-state index in [0.717, 1.165) is 16.8 Å². The van der Waals surface area contributed by atoms with Gasteiger partial charge in [0.05, 0.1) is 0 Å². The monoisotopic (exact) mass is 311 g/mol. The van der Waals surface area contributed by atoms with Crippen LogP contribution in [0.4, 0.5) is 5.69 Å². The van der Waals surface area contributed by atoms with Crippen LogP contribution in [0.5, 0.6) is 5.75 Å². The number of aryl methyl sites for hydroxylation is 1. The minimum atomic E-state index is -0.215. The quantitative estimate of drug-likeness (QED) is 0.823. The number of Topliss-reactive ketones (excluding diaryl/α,β-unsaturated/α-hetero) is 1. The van der Waals surface area contributed by atoms with Gasteiger partial charge in [-0.2, -0.15) is 0 Å². The number of hydrogen-bond donors (Lipinski definition) is 1. The summed E-state index contributed by atoms with van der Waals surface area (Å²) in [5.41, 5.74) is 3.62. The zero-order valence-corrected chi connectivity index (χ0v) is 13.7. The first-order valence-corrected chi connectivity index (χ1v) is 7.63. The maximum Gasteiger partial charge on any atom is 0.262 e. The summed E-state index contributed by atoms with van der Waals surface area (Å²) < 4.78 is 5.46. The summed E-state index contributed by atoms with van der Waals surface area (Å²) in [5, 5.41) is 2.84. The van der Waals surface area contributed by atoms with Crippen LogP contribution >= 0.6 is 0 Å². The molecule has 0 fully saturated rings. The first-order valence-electron chi connectivity index (χ1n) is 7.63. The lowest BCUT2D eigenvalue weighted by atomic mass is 10.1. The molecule has 1 amide bonds. The number of hydrogen-bond acceptors (Lipinski definition) is 3. The summed E-state index contributed by atoms with van der Waals surface area (Å²) in [6.07, 6.45) is 0.471. The van der Waals surface area contributed by atoms with Crippen molar-refractivity contribution in [1.82, 2.24) is 0 Å². The molecule has 0 aromatic heterocycles. The molecule has 0 aliphatic heterocycles. The lowest BCUT2D eigenvalue weighted by molar-refractivity contribution is -0.118. The number of ketones is 1. The van der Waals surface area contributed by atoms with Gasteiger partial charge in [-0.3, -0.25) is 9.59 Å². The van der Waals surface area contributed by atoms with Gasteiger partial charge in [0.15, 0.2) is 12.4 Å². The molecule has 23 heavy (non-hydrogen) atoms. The van der Waals surface area contributed by atoms with Crippen molar-refractivity contribution in [3.05, 3.63) is 59.2 Å². The zero-order chi connectivity index (χ0) is 16.8. The number of amides is 1. The fourth-order valence-electron chi connectivity index (χ4n) is 2.16. The molecule has 120 valence electrons. The van der Waals surface area contributed by atoms with Gasteiger partial charge in [-0.25, -0.2) is 0 Å². The molecule has 0 radical (unpaired) electrons. The highest BCUT2D eigenvalue weighted by Crippen LogP contribution is 2.18. The Morgan fingerprint density at radius 2 is 1.74 bits per heavy atom. The highest BCUT2D eigenvalue weighted by atomic mass is 16.5. The Bertz CT molecular complexity index is 705. The average Bonchev–Trinajstić information content (AvgIpc) is 2.57. The van der Waals surface area contributed by atoms with E-state index in [4.69, 9.17) is 4.74 Å². The predicted molar refractivity (Wildman–Crippen MR) is 91.1 cm³/mol. The largest absolute Gasteiger partial charge is 0.484 e. The van der Waals surface area contributed by atoms with Crippen LogP contribution in [-0.4, -0.2) is 18.3 Å². The fraction of sp³-hybridized carbons (Fsp3) is 0.263. The van der Waals surface area contributed by atoms with Crippen molar-refractivity contribution < 1.29 is 14.3 Å². The number of rotatable bonds is 6. The molecule has 1 N–H and O–H groups in total. The third kappa shape index (κ3) is 4.42. The minimum Gasteiger partial charge on any atom is -0.484 e. The molecule has 0 saturated heterocycles. The van der Waals surface area contributed by atoms with Gasteiger partial charge in [-0.05, 0) is 55.3 Å². The van der Waals surface area contributed by atoms with Crippen LogP contribution < -0.4 is 10.1 Å². The molecule has 0 saturated carbocycles. The van der Waals surface area contributed by atoms with Gasteiger partial charge in [0.2, 0.25) is 0 Å². The second-order valence-electron chi connectivity index (χ2n) is 5.39. The predicted octanol–water partition coefficient (Wildman–Crippen LogP) is 3.91. The van der Waals surface area contributed by atoms with E-state index in [2.05, 4.69) is 5.32 Å². The Morgan fingerprint density at radius 3 is 2.39 bits per heavy atom. The average molecular weight is 311 g/mol. The summed E-state index contributed by atoms with van der Waals surface area (Å²) in [7, 11) is 0. The molecule has 0 unspecified atom stereocenters. The molecule has 0 aliphatic carbocycles. The first-order chi connectivity index (χ1) is 11.0. The van der Waals surface area contributed by atoms with Gasteiger partial charge < -0.3 is 10.1 Å². The lowest BCUT2D eigenvalue weighted by Gasteiger charge is -2.11. The number of carbonyl (C=O) groups is 2. The Kier molecular flexibility index (Phi) is 5.52. The van der Waals surface area contributed by atoms with E-state index >= 15 is 0 Å². The van der Waals surface area contributed by atoms with E-state index in [9.17, 15) is 9.59 Å². The Balaban J connectivity index is 1.91. The Labute approximate surface area is 136 Å². The van der Waals surface area contributed by atoms with Gasteiger partial charge >= 0.3 is 0 Å². The van der Waals surface area contributed by atoms with Crippen LogP contribution in [0.3, 0.4) is 0 Å². The van der Waals surface area contributed by atoms with E-state index in [0.29, 0.717) is 17.7 Å². The van der Waals surface area contributed by atoms with Crippen molar-refractivity contribution in [2.24, 2.45) is 0 Å². The topological polar surface area (TPSA) is 55.4 Å². The van der Waals surface area contributed by atoms with E-state index in [1.807, 2.05) is 39.0 Å². The highest BCUT2D eigenvalue weighted by Gasteiger charge is 2.08. The summed E-state index contributed by atoms with van der Waals surface area (Å²) in [4.78, 5) is 23.5. The van der Waals surface area contributed by atoms with Crippen molar-refractivity contribution in [3.63, 3.8) is 0 Å². The second-order valence-corrected chi connectivity index (χ2v) is 5.39. The maximum atomic E-state index is 12.0. The molecule has 2 rings (SSSR count). The Hall–Kier alpha value is -2.62. The van der Waals surface area contributed by atoms with Gasteiger partial charge in [0.1, 0.15) is 5.75 Å². The SMILES string of the molecule is CCC(=O)c1ccc(OCC(=O)Nc2cccc(C)c2C)cc1. The van der Waals surface area contributed by atoms with Crippen molar-refractivity contribution in [3.8, 4) is 5.75 Å². The standard InChI is InChI=1S/C19H21NO3/c1-4-18(21)15-8-10-16(11-9-15)23-12-19(22)20-17-7-5-6-13(2)14(17)3/h5-11H,4,12H2,1-3H3,(H,20,22). The maximum absolute atomic E-state index is 12.0. The number of nitrogens with one attached hydrogen (secondary N) is 1. The molecule has 0 bridgehead atoms. The molecule has 4 heteroatoms. The summed E-state index contributed by atoms with van der Waals surface area (Å²) in [5.74, 6) is 0.436. The van der Waals surface area contributed by atoms with E-state index in [-0.39, 0.29) is 18.3 Å². The third-order valence-electron chi connectivity index (χ3n) is 3.75. The molecule has 0 heterocycles.